The molecule has 1 unspecified atom stereocenters. The molecular weight excluding hydrogens is 246 g/mol. The van der Waals surface area contributed by atoms with Gasteiger partial charge in [0.25, 0.3) is 0 Å². The van der Waals surface area contributed by atoms with Crippen molar-refractivity contribution in [1.29, 1.82) is 0 Å². The van der Waals surface area contributed by atoms with Crippen molar-refractivity contribution in [3.8, 4) is 0 Å². The summed E-state index contributed by atoms with van der Waals surface area (Å²) in [6.45, 7) is 2.05. The molecule has 0 heterocycles. The highest BCUT2D eigenvalue weighted by atomic mass is 19.1. The van der Waals surface area contributed by atoms with E-state index in [9.17, 15) is 8.78 Å². The van der Waals surface area contributed by atoms with Crippen LogP contribution in [0, 0.1) is 11.6 Å². The molecule has 19 heavy (non-hydrogen) atoms. The maximum absolute atomic E-state index is 13.3. The summed E-state index contributed by atoms with van der Waals surface area (Å²) in [6, 6.07) is 10.8. The van der Waals surface area contributed by atoms with Gasteiger partial charge in [-0.25, -0.2) is 14.2 Å². The second kappa shape index (κ2) is 5.91. The minimum absolute atomic E-state index is 0.434. The van der Waals surface area contributed by atoms with Crippen molar-refractivity contribution in [1.82, 2.24) is 5.43 Å². The Kier molecular flexibility index (Phi) is 4.24. The largest absolute Gasteiger partial charge is 0.271 e. The van der Waals surface area contributed by atoms with E-state index < -0.39 is 17.7 Å². The van der Waals surface area contributed by atoms with Crippen LogP contribution in [0.25, 0.3) is 0 Å². The molecular formula is C15H16F2N2. The fraction of sp³-hybridized carbons (Fsp3) is 0.200. The number of hydrogen-bond donors (Lipinski definition) is 2. The van der Waals surface area contributed by atoms with Crippen molar-refractivity contribution in [2.75, 3.05) is 0 Å². The number of nitrogens with two attached hydrogens (primary N) is 1. The van der Waals surface area contributed by atoms with E-state index in [-0.39, 0.29) is 0 Å². The maximum Gasteiger partial charge on any atom is 0.126 e. The fourth-order valence-electron chi connectivity index (χ4n) is 2.12. The summed E-state index contributed by atoms with van der Waals surface area (Å²) in [6.07, 6.45) is 0.892. The summed E-state index contributed by atoms with van der Waals surface area (Å²) in [5.41, 5.74) is 5.10. The van der Waals surface area contributed by atoms with Crippen LogP contribution in [-0.2, 0) is 6.42 Å². The molecule has 0 spiro atoms. The lowest BCUT2D eigenvalue weighted by Crippen LogP contribution is -2.29. The zero-order valence-corrected chi connectivity index (χ0v) is 10.7. The molecule has 1 atom stereocenters. The predicted octanol–water partition coefficient (Wildman–Crippen LogP) is 3.08. The highest BCUT2D eigenvalue weighted by molar-refractivity contribution is 5.34. The van der Waals surface area contributed by atoms with Crippen molar-refractivity contribution in [2.24, 2.45) is 5.84 Å². The van der Waals surface area contributed by atoms with Gasteiger partial charge in [-0.1, -0.05) is 31.2 Å². The molecule has 2 aromatic carbocycles. The van der Waals surface area contributed by atoms with Crippen LogP contribution >= 0.6 is 0 Å². The number of halogens is 2. The van der Waals surface area contributed by atoms with Crippen molar-refractivity contribution >= 4 is 0 Å². The van der Waals surface area contributed by atoms with Crippen molar-refractivity contribution in [3.05, 3.63) is 70.8 Å². The minimum Gasteiger partial charge on any atom is -0.271 e. The Morgan fingerprint density at radius 1 is 1.05 bits per heavy atom. The molecule has 0 bridgehead atoms. The molecule has 2 rings (SSSR count). The lowest BCUT2D eigenvalue weighted by molar-refractivity contribution is 0.566. The van der Waals surface area contributed by atoms with Gasteiger partial charge in [0.2, 0.25) is 0 Å². The van der Waals surface area contributed by atoms with E-state index in [1.807, 2.05) is 31.2 Å². The second-order valence-corrected chi connectivity index (χ2v) is 4.40. The third-order valence-corrected chi connectivity index (χ3v) is 3.08. The molecule has 0 aliphatic heterocycles. The van der Waals surface area contributed by atoms with Gasteiger partial charge in [-0.2, -0.15) is 0 Å². The van der Waals surface area contributed by atoms with E-state index in [1.54, 1.807) is 0 Å². The van der Waals surface area contributed by atoms with Crippen LogP contribution in [0.4, 0.5) is 8.78 Å². The van der Waals surface area contributed by atoms with Crippen molar-refractivity contribution in [3.63, 3.8) is 0 Å². The summed E-state index contributed by atoms with van der Waals surface area (Å²) in [4.78, 5) is 0. The Bertz CT molecular complexity index is 550. The molecule has 2 nitrogen and oxygen atoms in total. The highest BCUT2D eigenvalue weighted by Crippen LogP contribution is 2.23. The average molecular weight is 262 g/mol. The first-order valence-corrected chi connectivity index (χ1v) is 6.15. The Morgan fingerprint density at radius 2 is 1.74 bits per heavy atom. The minimum atomic E-state index is -0.609. The number of nitrogens with one attached hydrogen (secondary N) is 1. The molecule has 0 fully saturated rings. The third-order valence-electron chi connectivity index (χ3n) is 3.08. The second-order valence-electron chi connectivity index (χ2n) is 4.40. The Balaban J connectivity index is 2.43. The van der Waals surface area contributed by atoms with Gasteiger partial charge in [0.05, 0.1) is 6.04 Å². The highest BCUT2D eigenvalue weighted by Gasteiger charge is 2.14. The molecule has 0 radical (unpaired) electrons. The molecule has 3 N–H and O–H groups in total. The normalized spacial score (nSPS) is 12.4. The van der Waals surface area contributed by atoms with Gasteiger partial charge >= 0.3 is 0 Å². The van der Waals surface area contributed by atoms with E-state index in [0.717, 1.165) is 23.6 Å². The number of benzene rings is 2. The van der Waals surface area contributed by atoms with E-state index in [0.29, 0.717) is 5.56 Å². The Morgan fingerprint density at radius 3 is 2.32 bits per heavy atom. The first-order valence-electron chi connectivity index (χ1n) is 6.15. The van der Waals surface area contributed by atoms with Crippen LogP contribution in [0.1, 0.15) is 29.7 Å². The lowest BCUT2D eigenvalue weighted by atomic mass is 9.97. The first kappa shape index (κ1) is 13.6. The standard InChI is InChI=1S/C15H16F2N2/c1-2-10-4-3-5-11(6-10)15(19-18)12-7-13(16)9-14(17)8-12/h3-9,15,19H,2,18H2,1H3. The summed E-state index contributed by atoms with van der Waals surface area (Å²) in [5.74, 6) is 4.31. The zero-order chi connectivity index (χ0) is 13.8. The van der Waals surface area contributed by atoms with Crippen molar-refractivity contribution in [2.45, 2.75) is 19.4 Å². The van der Waals surface area contributed by atoms with Crippen LogP contribution in [0.5, 0.6) is 0 Å². The predicted molar refractivity (Wildman–Crippen MR) is 71.3 cm³/mol. The maximum atomic E-state index is 13.3. The van der Waals surface area contributed by atoms with Crippen LogP contribution in [0.15, 0.2) is 42.5 Å². The van der Waals surface area contributed by atoms with Gasteiger partial charge < -0.3 is 0 Å². The summed E-state index contributed by atoms with van der Waals surface area (Å²) in [5, 5.41) is 0. The van der Waals surface area contributed by atoms with E-state index in [2.05, 4.69) is 5.43 Å². The van der Waals surface area contributed by atoms with Crippen LogP contribution in [0.3, 0.4) is 0 Å². The zero-order valence-electron chi connectivity index (χ0n) is 10.7. The summed E-state index contributed by atoms with van der Waals surface area (Å²) in [7, 11) is 0. The number of rotatable bonds is 4. The van der Waals surface area contributed by atoms with Crippen LogP contribution in [-0.4, -0.2) is 0 Å². The monoisotopic (exact) mass is 262 g/mol. The molecule has 0 amide bonds. The smallest absolute Gasteiger partial charge is 0.126 e. The molecule has 0 aliphatic rings. The number of aryl methyl sites for hydroxylation is 1. The average Bonchev–Trinajstić information content (AvgIpc) is 2.39. The topological polar surface area (TPSA) is 38.0 Å². The van der Waals surface area contributed by atoms with Crippen LogP contribution in [0.2, 0.25) is 0 Å². The molecule has 100 valence electrons. The quantitative estimate of drug-likeness (QED) is 0.656. The van der Waals surface area contributed by atoms with Crippen molar-refractivity contribution < 1.29 is 8.78 Å². The van der Waals surface area contributed by atoms with Gasteiger partial charge in [-0.3, -0.25) is 5.84 Å². The molecule has 0 saturated carbocycles. The van der Waals surface area contributed by atoms with Gasteiger partial charge in [0, 0.05) is 6.07 Å². The third kappa shape index (κ3) is 3.16. The van der Waals surface area contributed by atoms with Crippen LogP contribution < -0.4 is 11.3 Å². The summed E-state index contributed by atoms with van der Waals surface area (Å²) < 4.78 is 26.6. The molecule has 0 saturated heterocycles. The first-order chi connectivity index (χ1) is 9.13. The fourth-order valence-corrected chi connectivity index (χ4v) is 2.12. The number of hydrazine groups is 1. The van der Waals surface area contributed by atoms with Gasteiger partial charge in [-0.05, 0) is 35.2 Å². The Hall–Kier alpha value is -1.78. The van der Waals surface area contributed by atoms with E-state index >= 15 is 0 Å². The van der Waals surface area contributed by atoms with Gasteiger partial charge in [-0.15, -0.1) is 0 Å². The van der Waals surface area contributed by atoms with Gasteiger partial charge in [0.15, 0.2) is 0 Å². The van der Waals surface area contributed by atoms with E-state index in [4.69, 9.17) is 5.84 Å². The number of hydrogen-bond acceptors (Lipinski definition) is 2. The van der Waals surface area contributed by atoms with E-state index in [1.165, 1.54) is 12.1 Å². The summed E-state index contributed by atoms with van der Waals surface area (Å²) >= 11 is 0. The molecule has 4 heteroatoms. The van der Waals surface area contributed by atoms with Gasteiger partial charge in [0.1, 0.15) is 11.6 Å². The Labute approximate surface area is 111 Å². The SMILES string of the molecule is CCc1cccc(C(NN)c2cc(F)cc(F)c2)c1. The molecule has 0 aromatic heterocycles. The molecule has 2 aromatic rings. The molecule has 0 aliphatic carbocycles. The lowest BCUT2D eigenvalue weighted by Gasteiger charge is -2.18.